The van der Waals surface area contributed by atoms with Crippen LogP contribution in [0.2, 0.25) is 0 Å². The summed E-state index contributed by atoms with van der Waals surface area (Å²) in [5.41, 5.74) is 0.711. The quantitative estimate of drug-likeness (QED) is 0.874. The minimum absolute atomic E-state index is 0.347. The van der Waals surface area contributed by atoms with Crippen LogP contribution >= 0.6 is 0 Å². The number of benzene rings is 1. The lowest BCUT2D eigenvalue weighted by Crippen LogP contribution is -2.36. The summed E-state index contributed by atoms with van der Waals surface area (Å²) >= 11 is 0. The molecule has 21 heavy (non-hydrogen) atoms. The highest BCUT2D eigenvalue weighted by atomic mass is 16.5. The number of methoxy groups -OCH3 is 1. The first-order chi connectivity index (χ1) is 10.1. The van der Waals surface area contributed by atoms with E-state index < -0.39 is 5.60 Å². The molecule has 1 saturated carbocycles. The Kier molecular flexibility index (Phi) is 3.51. The predicted octanol–water partition coefficient (Wildman–Crippen LogP) is 2.09. The fourth-order valence-electron chi connectivity index (χ4n) is 2.69. The lowest BCUT2D eigenvalue weighted by Gasteiger charge is -2.36. The summed E-state index contributed by atoms with van der Waals surface area (Å²) in [5.74, 6) is 0.359. The number of imidazole rings is 1. The topological polar surface area (TPSA) is 64.4 Å². The van der Waals surface area contributed by atoms with Crippen molar-refractivity contribution in [2.24, 2.45) is 0 Å². The Bertz CT molecular complexity index is 659. The van der Waals surface area contributed by atoms with Gasteiger partial charge in [0.05, 0.1) is 12.7 Å². The molecular weight excluding hydrogens is 268 g/mol. The van der Waals surface area contributed by atoms with Crippen LogP contribution in [0.3, 0.4) is 0 Å². The van der Waals surface area contributed by atoms with Crippen molar-refractivity contribution in [3.63, 3.8) is 0 Å². The van der Waals surface area contributed by atoms with Crippen molar-refractivity contribution in [2.75, 3.05) is 7.11 Å². The maximum atomic E-state index is 11.6. The first-order valence-corrected chi connectivity index (χ1v) is 7.04. The molecule has 3 rings (SSSR count). The Morgan fingerprint density at radius 1 is 1.48 bits per heavy atom. The fourth-order valence-corrected chi connectivity index (χ4v) is 2.69. The number of carbonyl (C=O) groups excluding carboxylic acids is 1. The number of carbonyl (C=O) groups is 1. The van der Waals surface area contributed by atoms with Gasteiger partial charge in [0.25, 0.3) is 0 Å². The highest BCUT2D eigenvalue weighted by Crippen LogP contribution is 2.40. The van der Waals surface area contributed by atoms with Crippen molar-refractivity contribution >= 4 is 5.97 Å². The van der Waals surface area contributed by atoms with Gasteiger partial charge in [0.15, 0.2) is 0 Å². The smallest absolute Gasteiger partial charge is 0.337 e. The molecule has 0 spiro atoms. The predicted molar refractivity (Wildman–Crippen MR) is 76.9 cm³/mol. The van der Waals surface area contributed by atoms with Gasteiger partial charge in [-0.2, -0.15) is 0 Å². The molecule has 1 heterocycles. The number of hydrogen-bond donors (Lipinski definition) is 1. The van der Waals surface area contributed by atoms with Crippen molar-refractivity contribution in [1.82, 2.24) is 9.55 Å². The van der Waals surface area contributed by atoms with Gasteiger partial charge in [-0.25, -0.2) is 9.78 Å². The third-order valence-electron chi connectivity index (χ3n) is 4.01. The Hall–Kier alpha value is -2.14. The van der Waals surface area contributed by atoms with Gasteiger partial charge in [0, 0.05) is 18.9 Å². The van der Waals surface area contributed by atoms with Crippen LogP contribution in [0.5, 0.6) is 0 Å². The number of esters is 1. The minimum atomic E-state index is -0.788. The van der Waals surface area contributed by atoms with Gasteiger partial charge in [-0.15, -0.1) is 0 Å². The van der Waals surface area contributed by atoms with Crippen molar-refractivity contribution in [1.29, 1.82) is 0 Å². The van der Waals surface area contributed by atoms with E-state index in [1.807, 2.05) is 22.9 Å². The number of nitrogens with zero attached hydrogens (tertiary/aromatic N) is 2. The summed E-state index contributed by atoms with van der Waals surface area (Å²) in [5, 5.41) is 10.5. The first-order valence-electron chi connectivity index (χ1n) is 7.04. The average Bonchev–Trinajstić information content (AvgIpc) is 2.92. The number of aromatic nitrogens is 2. The van der Waals surface area contributed by atoms with E-state index in [2.05, 4.69) is 4.98 Å². The molecule has 5 heteroatoms. The summed E-state index contributed by atoms with van der Waals surface area (Å²) in [4.78, 5) is 15.9. The number of ether oxygens (including phenoxy) is 1. The standard InChI is InChI=1S/C16H18N2O3/c1-21-14(19)13-5-2-4-12(10-13)11-18-9-8-17-15(18)16(20)6-3-7-16/h2,4-5,8-10,20H,3,6-7,11H2,1H3. The van der Waals surface area contributed by atoms with Crippen LogP contribution in [0.1, 0.15) is 41.0 Å². The van der Waals surface area contributed by atoms with E-state index in [1.165, 1.54) is 7.11 Å². The van der Waals surface area contributed by atoms with Crippen LogP contribution in [0.4, 0.5) is 0 Å². The highest BCUT2D eigenvalue weighted by molar-refractivity contribution is 5.89. The van der Waals surface area contributed by atoms with Crippen LogP contribution in [0.15, 0.2) is 36.7 Å². The summed E-state index contributed by atoms with van der Waals surface area (Å²) < 4.78 is 6.67. The van der Waals surface area contributed by atoms with Crippen LogP contribution in [0, 0.1) is 0 Å². The summed E-state index contributed by atoms with van der Waals surface area (Å²) in [6.07, 6.45) is 6.10. The third kappa shape index (κ3) is 2.56. The zero-order valence-corrected chi connectivity index (χ0v) is 12.0. The Morgan fingerprint density at radius 3 is 2.95 bits per heavy atom. The molecule has 1 aliphatic rings. The molecule has 1 aromatic carbocycles. The van der Waals surface area contributed by atoms with Crippen molar-refractivity contribution in [3.05, 3.63) is 53.6 Å². The molecule has 0 aliphatic heterocycles. The summed E-state index contributed by atoms with van der Waals surface area (Å²) in [6, 6.07) is 7.31. The second-order valence-electron chi connectivity index (χ2n) is 5.46. The maximum absolute atomic E-state index is 11.6. The number of rotatable bonds is 4. The monoisotopic (exact) mass is 286 g/mol. The zero-order chi connectivity index (χ0) is 14.9. The number of hydrogen-bond acceptors (Lipinski definition) is 4. The SMILES string of the molecule is COC(=O)c1cccc(Cn2ccnc2C2(O)CCC2)c1. The van der Waals surface area contributed by atoms with Gasteiger partial charge in [-0.05, 0) is 37.0 Å². The van der Waals surface area contributed by atoms with Crippen molar-refractivity contribution in [2.45, 2.75) is 31.4 Å². The van der Waals surface area contributed by atoms with Gasteiger partial charge in [0.2, 0.25) is 0 Å². The Morgan fingerprint density at radius 2 is 2.29 bits per heavy atom. The largest absolute Gasteiger partial charge is 0.465 e. The molecule has 1 aromatic heterocycles. The molecule has 1 aliphatic carbocycles. The van der Waals surface area contributed by atoms with E-state index in [9.17, 15) is 9.90 Å². The lowest BCUT2D eigenvalue weighted by atomic mass is 9.79. The molecule has 0 unspecified atom stereocenters. The molecule has 2 aromatic rings. The molecule has 0 atom stereocenters. The molecule has 5 nitrogen and oxygen atoms in total. The van der Waals surface area contributed by atoms with Gasteiger partial charge in [-0.1, -0.05) is 12.1 Å². The second-order valence-corrected chi connectivity index (χ2v) is 5.46. The molecule has 0 bridgehead atoms. The van der Waals surface area contributed by atoms with Gasteiger partial charge < -0.3 is 14.4 Å². The highest BCUT2D eigenvalue weighted by Gasteiger charge is 2.39. The molecule has 1 fully saturated rings. The normalized spacial score (nSPS) is 16.3. The summed E-state index contributed by atoms with van der Waals surface area (Å²) in [7, 11) is 1.37. The third-order valence-corrected chi connectivity index (χ3v) is 4.01. The average molecular weight is 286 g/mol. The lowest BCUT2D eigenvalue weighted by molar-refractivity contribution is -0.0492. The zero-order valence-electron chi connectivity index (χ0n) is 12.0. The molecule has 110 valence electrons. The van der Waals surface area contributed by atoms with E-state index in [-0.39, 0.29) is 5.97 Å². The van der Waals surface area contributed by atoms with Crippen LogP contribution in [-0.4, -0.2) is 27.7 Å². The van der Waals surface area contributed by atoms with Gasteiger partial charge >= 0.3 is 5.97 Å². The molecular formula is C16H18N2O3. The van der Waals surface area contributed by atoms with Crippen molar-refractivity contribution in [3.8, 4) is 0 Å². The van der Waals surface area contributed by atoms with E-state index >= 15 is 0 Å². The molecule has 0 saturated heterocycles. The second kappa shape index (κ2) is 5.33. The Labute approximate surface area is 123 Å². The molecule has 1 N–H and O–H groups in total. The molecule has 0 radical (unpaired) electrons. The number of aliphatic hydroxyl groups is 1. The summed E-state index contributed by atoms with van der Waals surface area (Å²) in [6.45, 7) is 0.572. The molecule has 0 amide bonds. The van der Waals surface area contributed by atoms with E-state index in [4.69, 9.17) is 4.74 Å². The van der Waals surface area contributed by atoms with E-state index in [1.54, 1.807) is 18.3 Å². The maximum Gasteiger partial charge on any atom is 0.337 e. The van der Waals surface area contributed by atoms with Crippen molar-refractivity contribution < 1.29 is 14.6 Å². The Balaban J connectivity index is 1.84. The van der Waals surface area contributed by atoms with Gasteiger partial charge in [0.1, 0.15) is 11.4 Å². The fraction of sp³-hybridized carbons (Fsp3) is 0.375. The van der Waals surface area contributed by atoms with Gasteiger partial charge in [-0.3, -0.25) is 0 Å². The van der Waals surface area contributed by atoms with E-state index in [0.717, 1.165) is 24.8 Å². The minimum Gasteiger partial charge on any atom is -0.465 e. The first kappa shape index (κ1) is 13.8. The van der Waals surface area contributed by atoms with Crippen LogP contribution < -0.4 is 0 Å². The van der Waals surface area contributed by atoms with Crippen LogP contribution in [-0.2, 0) is 16.9 Å². The van der Waals surface area contributed by atoms with E-state index in [0.29, 0.717) is 17.9 Å². The van der Waals surface area contributed by atoms with Crippen LogP contribution in [0.25, 0.3) is 0 Å².